The maximum Gasteiger partial charge on any atom is 0.313 e. The minimum Gasteiger partial charge on any atom is -0.460 e. The van der Waals surface area contributed by atoms with Crippen LogP contribution in [0.5, 0.6) is 0 Å². The minimum atomic E-state index is -1.38. The maximum atomic E-state index is 13.4. The van der Waals surface area contributed by atoms with Crippen molar-refractivity contribution in [2.24, 2.45) is 11.8 Å². The average molecular weight is 366 g/mol. The van der Waals surface area contributed by atoms with Crippen molar-refractivity contribution in [3.63, 3.8) is 0 Å². The second-order valence-corrected chi connectivity index (χ2v) is 6.25. The van der Waals surface area contributed by atoms with Gasteiger partial charge in [-0.2, -0.15) is 0 Å². The highest BCUT2D eigenvalue weighted by atomic mass is 19.1. The van der Waals surface area contributed by atoms with E-state index in [0.29, 0.717) is 5.56 Å². The molecule has 0 aliphatic carbocycles. The van der Waals surface area contributed by atoms with Crippen molar-refractivity contribution in [2.45, 2.75) is 39.1 Å². The van der Waals surface area contributed by atoms with Crippen LogP contribution in [-0.4, -0.2) is 34.8 Å². The molecule has 8 nitrogen and oxygen atoms in total. The third kappa shape index (κ3) is 4.41. The van der Waals surface area contributed by atoms with Crippen LogP contribution in [0.1, 0.15) is 25.8 Å². The lowest BCUT2D eigenvalue weighted by Gasteiger charge is -2.40. The number of carbonyl (C=O) groups is 3. The van der Waals surface area contributed by atoms with Gasteiger partial charge in [-0.1, -0.05) is 6.92 Å². The Morgan fingerprint density at radius 3 is 2.42 bits per heavy atom. The molecule has 1 aliphatic rings. The van der Waals surface area contributed by atoms with E-state index in [-0.39, 0.29) is 12.3 Å². The number of nitrogens with one attached hydrogen (secondary N) is 1. The van der Waals surface area contributed by atoms with Crippen LogP contribution in [0.4, 0.5) is 10.1 Å². The molecule has 0 radical (unpaired) electrons. The van der Waals surface area contributed by atoms with E-state index in [4.69, 9.17) is 4.74 Å². The van der Waals surface area contributed by atoms with Crippen LogP contribution in [0.2, 0.25) is 0 Å². The summed E-state index contributed by atoms with van der Waals surface area (Å²) < 4.78 is 18.4. The summed E-state index contributed by atoms with van der Waals surface area (Å²) in [4.78, 5) is 45.3. The van der Waals surface area contributed by atoms with Gasteiger partial charge in [-0.3, -0.25) is 24.5 Å². The normalized spacial score (nSPS) is 21.1. The Balaban J connectivity index is 1.82. The first kappa shape index (κ1) is 19.5. The van der Waals surface area contributed by atoms with Gasteiger partial charge in [0.25, 0.3) is 5.69 Å². The Kier molecular flexibility index (Phi) is 6.01. The topological polar surface area (TPSA) is 116 Å². The molecule has 1 fully saturated rings. The van der Waals surface area contributed by atoms with E-state index in [9.17, 15) is 28.9 Å². The summed E-state index contributed by atoms with van der Waals surface area (Å²) in [6.45, 7) is 2.67. The molecule has 9 heteroatoms. The van der Waals surface area contributed by atoms with Crippen molar-refractivity contribution in [1.82, 2.24) is 5.32 Å². The standard InChI is InChI=1S/C17H19FN2O6/c1-9(16-15(10(2)18)17(23)19-16)13(21)7-14(22)26-8-11-3-5-12(6-4-11)20(24)25/h3-6,9-10,15-16H,7-8H2,1-2H3,(H,19,23)/t9-,10-,15-,16-/m1/s1. The number of esters is 1. The average Bonchev–Trinajstić information content (AvgIpc) is 2.56. The molecule has 1 heterocycles. The van der Waals surface area contributed by atoms with Crippen molar-refractivity contribution in [3.8, 4) is 0 Å². The fraction of sp³-hybridized carbons (Fsp3) is 0.471. The fourth-order valence-electron chi connectivity index (χ4n) is 2.78. The highest BCUT2D eigenvalue weighted by molar-refractivity contribution is 5.98. The predicted octanol–water partition coefficient (Wildman–Crippen LogP) is 1.71. The number of β-lactam (4-membered cyclic amide) rings is 1. The Hall–Kier alpha value is -2.84. The summed E-state index contributed by atoms with van der Waals surface area (Å²) in [5.74, 6) is -3.23. The number of hydrogen-bond acceptors (Lipinski definition) is 6. The molecule has 26 heavy (non-hydrogen) atoms. The summed E-state index contributed by atoms with van der Waals surface area (Å²) in [6.07, 6.45) is -1.87. The van der Waals surface area contributed by atoms with Crippen LogP contribution >= 0.6 is 0 Å². The van der Waals surface area contributed by atoms with Gasteiger partial charge in [0.2, 0.25) is 5.91 Å². The molecule has 140 valence electrons. The summed E-state index contributed by atoms with van der Waals surface area (Å²) >= 11 is 0. The summed E-state index contributed by atoms with van der Waals surface area (Å²) in [7, 11) is 0. The van der Waals surface area contributed by atoms with Crippen LogP contribution in [-0.2, 0) is 25.7 Å². The van der Waals surface area contributed by atoms with Crippen LogP contribution in [0, 0.1) is 22.0 Å². The largest absolute Gasteiger partial charge is 0.460 e. The number of non-ortho nitro benzene ring substituents is 1. The third-order valence-electron chi connectivity index (χ3n) is 4.41. The molecule has 0 unspecified atom stereocenters. The number of amides is 1. The van der Waals surface area contributed by atoms with E-state index in [1.54, 1.807) is 0 Å². The number of benzene rings is 1. The first-order chi connectivity index (χ1) is 12.2. The van der Waals surface area contributed by atoms with E-state index in [0.717, 1.165) is 0 Å². The Bertz CT molecular complexity index is 718. The molecule has 0 saturated carbocycles. The number of ketones is 1. The number of nitrogens with zero attached hydrogens (tertiary/aromatic N) is 1. The minimum absolute atomic E-state index is 0.0803. The lowest BCUT2D eigenvalue weighted by molar-refractivity contribution is -0.384. The molecule has 2 rings (SSSR count). The number of nitro groups is 1. The molecule has 1 amide bonds. The van der Waals surface area contributed by atoms with Crippen LogP contribution < -0.4 is 5.32 Å². The number of Topliss-reactive ketones (excluding diaryl/α,β-unsaturated/α-hetero) is 1. The zero-order valence-electron chi connectivity index (χ0n) is 14.3. The molecule has 1 aromatic rings. The third-order valence-corrected chi connectivity index (χ3v) is 4.41. The zero-order valence-corrected chi connectivity index (χ0v) is 14.3. The Morgan fingerprint density at radius 1 is 1.31 bits per heavy atom. The molecule has 0 spiro atoms. The van der Waals surface area contributed by atoms with E-state index in [1.807, 2.05) is 0 Å². The molecule has 1 aliphatic heterocycles. The van der Waals surface area contributed by atoms with Gasteiger partial charge in [0.1, 0.15) is 25.0 Å². The van der Waals surface area contributed by atoms with Crippen molar-refractivity contribution in [3.05, 3.63) is 39.9 Å². The van der Waals surface area contributed by atoms with Gasteiger partial charge in [0.05, 0.1) is 16.9 Å². The van der Waals surface area contributed by atoms with Crippen LogP contribution in [0.15, 0.2) is 24.3 Å². The van der Waals surface area contributed by atoms with E-state index in [1.165, 1.54) is 38.1 Å². The predicted molar refractivity (Wildman–Crippen MR) is 87.7 cm³/mol. The van der Waals surface area contributed by atoms with E-state index >= 15 is 0 Å². The van der Waals surface area contributed by atoms with Crippen molar-refractivity contribution < 1.29 is 28.4 Å². The van der Waals surface area contributed by atoms with E-state index in [2.05, 4.69) is 5.32 Å². The molecule has 1 saturated heterocycles. The quantitative estimate of drug-likeness (QED) is 0.246. The molecule has 1 N–H and O–H groups in total. The van der Waals surface area contributed by atoms with Gasteiger partial charge < -0.3 is 10.1 Å². The Labute approximate surface area is 148 Å². The second-order valence-electron chi connectivity index (χ2n) is 6.25. The summed E-state index contributed by atoms with van der Waals surface area (Å²) in [6, 6.07) is 4.85. The number of halogens is 1. The van der Waals surface area contributed by atoms with Gasteiger partial charge in [-0.25, -0.2) is 4.39 Å². The maximum absolute atomic E-state index is 13.4. The zero-order chi connectivity index (χ0) is 19.4. The SMILES string of the molecule is C[C@H](C(=O)CC(=O)OCc1ccc([N+](=O)[O-])cc1)[C@H]1NC(=O)[C@@H]1[C@@H](C)F. The molecule has 0 bridgehead atoms. The summed E-state index contributed by atoms with van der Waals surface area (Å²) in [5, 5.41) is 13.1. The highest BCUT2D eigenvalue weighted by Gasteiger charge is 2.47. The number of carbonyl (C=O) groups excluding carboxylic acids is 3. The number of nitro benzene ring substituents is 1. The number of rotatable bonds is 8. The second kappa shape index (κ2) is 8.03. The van der Waals surface area contributed by atoms with Crippen LogP contribution in [0.3, 0.4) is 0 Å². The van der Waals surface area contributed by atoms with Gasteiger partial charge in [0, 0.05) is 18.1 Å². The fourth-order valence-corrected chi connectivity index (χ4v) is 2.78. The van der Waals surface area contributed by atoms with Crippen LogP contribution in [0.25, 0.3) is 0 Å². The number of ether oxygens (including phenoxy) is 1. The molecule has 4 atom stereocenters. The molecule has 1 aromatic carbocycles. The van der Waals surface area contributed by atoms with Gasteiger partial charge >= 0.3 is 5.97 Å². The molecular formula is C17H19FN2O6. The smallest absolute Gasteiger partial charge is 0.313 e. The molecule has 0 aromatic heterocycles. The van der Waals surface area contributed by atoms with Gasteiger partial charge in [-0.15, -0.1) is 0 Å². The van der Waals surface area contributed by atoms with Gasteiger partial charge in [0.15, 0.2) is 0 Å². The molecular weight excluding hydrogens is 347 g/mol. The first-order valence-electron chi connectivity index (χ1n) is 8.06. The highest BCUT2D eigenvalue weighted by Crippen LogP contribution is 2.28. The van der Waals surface area contributed by atoms with Crippen molar-refractivity contribution >= 4 is 23.3 Å². The van der Waals surface area contributed by atoms with Crippen molar-refractivity contribution in [1.29, 1.82) is 0 Å². The Morgan fingerprint density at radius 2 is 1.92 bits per heavy atom. The van der Waals surface area contributed by atoms with Crippen molar-refractivity contribution in [2.75, 3.05) is 0 Å². The van der Waals surface area contributed by atoms with E-state index < -0.39 is 53.1 Å². The lowest BCUT2D eigenvalue weighted by Crippen LogP contribution is -2.64. The number of hydrogen-bond donors (Lipinski definition) is 1. The lowest BCUT2D eigenvalue weighted by atomic mass is 9.77. The number of alkyl halides is 1. The first-order valence-corrected chi connectivity index (χ1v) is 8.06. The van der Waals surface area contributed by atoms with Gasteiger partial charge in [-0.05, 0) is 24.6 Å². The summed E-state index contributed by atoms with van der Waals surface area (Å²) in [5.41, 5.74) is 0.463. The monoisotopic (exact) mass is 366 g/mol.